The number of nitrogens with zero attached hydrogens (tertiary/aromatic N) is 5. The first-order valence-corrected chi connectivity index (χ1v) is 11.4. The Morgan fingerprint density at radius 3 is 2.58 bits per heavy atom. The Morgan fingerprint density at radius 2 is 1.82 bits per heavy atom. The number of benzene rings is 2. The molecule has 2 aromatic heterocycles. The van der Waals surface area contributed by atoms with Crippen LogP contribution in [0, 0.1) is 19.7 Å². The van der Waals surface area contributed by atoms with Crippen molar-refractivity contribution in [3.8, 4) is 0 Å². The minimum atomic E-state index is -0.365. The summed E-state index contributed by atoms with van der Waals surface area (Å²) in [6.45, 7) is 6.22. The summed E-state index contributed by atoms with van der Waals surface area (Å²) in [6, 6.07) is 12.1. The summed E-state index contributed by atoms with van der Waals surface area (Å²) in [4.78, 5) is 18.8. The number of pyridine rings is 1. The van der Waals surface area contributed by atoms with Crippen LogP contribution in [-0.4, -0.2) is 43.2 Å². The lowest BCUT2D eigenvalue weighted by Crippen LogP contribution is -2.38. The monoisotopic (exact) mass is 446 g/mol. The summed E-state index contributed by atoms with van der Waals surface area (Å²) >= 11 is 0. The van der Waals surface area contributed by atoms with E-state index in [0.29, 0.717) is 17.9 Å². The number of halogens is 1. The third-order valence-corrected chi connectivity index (χ3v) is 6.68. The van der Waals surface area contributed by atoms with Gasteiger partial charge in [0.2, 0.25) is 0 Å². The van der Waals surface area contributed by atoms with Crippen molar-refractivity contribution in [2.45, 2.75) is 45.7 Å². The SMILES string of the molecule is Cc1ccc2cc([C@H](c3nnnn3Cc3ccc(F)cc3)N3CCCCC3)c(=O)[nH]c2c1C. The summed E-state index contributed by atoms with van der Waals surface area (Å²) in [7, 11) is 0. The molecule has 7 nitrogen and oxygen atoms in total. The molecule has 2 aromatic carbocycles. The molecular formula is C25H27FN6O. The highest BCUT2D eigenvalue weighted by Crippen LogP contribution is 2.30. The van der Waals surface area contributed by atoms with Crippen LogP contribution in [0.2, 0.25) is 0 Å². The van der Waals surface area contributed by atoms with Gasteiger partial charge in [0.05, 0.1) is 12.1 Å². The van der Waals surface area contributed by atoms with E-state index in [2.05, 4.69) is 31.5 Å². The second kappa shape index (κ2) is 8.86. The standard InChI is InChI=1S/C25H27FN6O/c1-16-6-9-19-14-21(25(33)27-22(19)17(16)2)23(31-12-4-3-5-13-31)24-28-29-30-32(24)15-18-7-10-20(26)11-8-18/h6-11,14,23H,3-5,12-13,15H2,1-2H3,(H,27,33)/t23-/m1/s1. The third kappa shape index (κ3) is 4.18. The maximum Gasteiger partial charge on any atom is 0.253 e. The highest BCUT2D eigenvalue weighted by Gasteiger charge is 2.31. The largest absolute Gasteiger partial charge is 0.321 e. The molecule has 0 amide bonds. The summed E-state index contributed by atoms with van der Waals surface area (Å²) in [5, 5.41) is 13.5. The Labute approximate surface area is 191 Å². The average molecular weight is 447 g/mol. The minimum Gasteiger partial charge on any atom is -0.321 e. The zero-order chi connectivity index (χ0) is 22.9. The number of nitrogens with one attached hydrogen (secondary N) is 1. The smallest absolute Gasteiger partial charge is 0.253 e. The van der Waals surface area contributed by atoms with E-state index in [9.17, 15) is 9.18 Å². The predicted octanol–water partition coefficient (Wildman–Crippen LogP) is 3.89. The third-order valence-electron chi connectivity index (χ3n) is 6.68. The number of hydrogen-bond donors (Lipinski definition) is 1. The lowest BCUT2D eigenvalue weighted by atomic mass is 9.98. The second-order valence-corrected chi connectivity index (χ2v) is 8.85. The van der Waals surface area contributed by atoms with Crippen LogP contribution >= 0.6 is 0 Å². The number of hydrogen-bond acceptors (Lipinski definition) is 5. The number of rotatable bonds is 5. The van der Waals surface area contributed by atoms with Crippen molar-refractivity contribution in [1.82, 2.24) is 30.1 Å². The molecule has 1 atom stereocenters. The number of aryl methyl sites for hydroxylation is 2. The molecular weight excluding hydrogens is 419 g/mol. The molecule has 1 saturated heterocycles. The van der Waals surface area contributed by atoms with Crippen LogP contribution in [0.15, 0.2) is 47.3 Å². The van der Waals surface area contributed by atoms with Crippen molar-refractivity contribution < 1.29 is 4.39 Å². The summed E-state index contributed by atoms with van der Waals surface area (Å²) in [5.74, 6) is 0.338. The molecule has 1 N–H and O–H groups in total. The number of fused-ring (bicyclic) bond motifs is 1. The van der Waals surface area contributed by atoms with Gasteiger partial charge in [-0.1, -0.05) is 30.7 Å². The maximum absolute atomic E-state index is 13.4. The number of aromatic nitrogens is 5. The van der Waals surface area contributed by atoms with Crippen molar-refractivity contribution in [3.63, 3.8) is 0 Å². The summed E-state index contributed by atoms with van der Waals surface area (Å²) < 4.78 is 15.1. The van der Waals surface area contributed by atoms with Gasteiger partial charge in [-0.25, -0.2) is 9.07 Å². The van der Waals surface area contributed by atoms with Crippen LogP contribution < -0.4 is 5.56 Å². The molecule has 170 valence electrons. The van der Waals surface area contributed by atoms with Crippen LogP contribution in [0.1, 0.15) is 53.4 Å². The fraction of sp³-hybridized carbons (Fsp3) is 0.360. The molecule has 4 aromatic rings. The predicted molar refractivity (Wildman–Crippen MR) is 125 cm³/mol. The lowest BCUT2D eigenvalue weighted by molar-refractivity contribution is 0.177. The molecule has 1 aliphatic heterocycles. The Bertz CT molecular complexity index is 1340. The van der Waals surface area contributed by atoms with Gasteiger partial charge in [0, 0.05) is 5.56 Å². The quantitative estimate of drug-likeness (QED) is 0.503. The van der Waals surface area contributed by atoms with Crippen LogP contribution in [-0.2, 0) is 6.54 Å². The number of aromatic amines is 1. The molecule has 0 spiro atoms. The zero-order valence-corrected chi connectivity index (χ0v) is 18.9. The number of H-pyrrole nitrogens is 1. The Balaban J connectivity index is 1.62. The van der Waals surface area contributed by atoms with Gasteiger partial charge in [-0.3, -0.25) is 9.69 Å². The van der Waals surface area contributed by atoms with Gasteiger partial charge in [-0.2, -0.15) is 0 Å². The van der Waals surface area contributed by atoms with E-state index in [1.807, 2.05) is 26.0 Å². The van der Waals surface area contributed by atoms with Gasteiger partial charge in [0.1, 0.15) is 11.9 Å². The Kier molecular flexibility index (Phi) is 5.76. The van der Waals surface area contributed by atoms with Crippen molar-refractivity contribution in [3.05, 3.63) is 86.7 Å². The molecule has 0 aliphatic carbocycles. The fourth-order valence-corrected chi connectivity index (χ4v) is 4.70. The molecule has 8 heteroatoms. The van der Waals surface area contributed by atoms with E-state index < -0.39 is 0 Å². The first kappa shape index (κ1) is 21.5. The molecule has 3 heterocycles. The number of tetrazole rings is 1. The highest BCUT2D eigenvalue weighted by atomic mass is 19.1. The molecule has 0 unspecified atom stereocenters. The molecule has 33 heavy (non-hydrogen) atoms. The van der Waals surface area contributed by atoms with Crippen molar-refractivity contribution >= 4 is 10.9 Å². The second-order valence-electron chi connectivity index (χ2n) is 8.85. The molecule has 1 fully saturated rings. The van der Waals surface area contributed by atoms with Crippen LogP contribution in [0.25, 0.3) is 10.9 Å². The van der Waals surface area contributed by atoms with E-state index >= 15 is 0 Å². The van der Waals surface area contributed by atoms with E-state index in [0.717, 1.165) is 53.5 Å². The topological polar surface area (TPSA) is 79.7 Å². The molecule has 5 rings (SSSR count). The lowest BCUT2D eigenvalue weighted by Gasteiger charge is -2.33. The van der Waals surface area contributed by atoms with Crippen LogP contribution in [0.4, 0.5) is 4.39 Å². The normalized spacial score (nSPS) is 15.7. The minimum absolute atomic E-state index is 0.122. The van der Waals surface area contributed by atoms with Gasteiger partial charge in [-0.05, 0) is 90.5 Å². The zero-order valence-electron chi connectivity index (χ0n) is 18.9. The molecule has 0 radical (unpaired) electrons. The fourth-order valence-electron chi connectivity index (χ4n) is 4.70. The van der Waals surface area contributed by atoms with E-state index in [-0.39, 0.29) is 17.4 Å². The Morgan fingerprint density at radius 1 is 1.06 bits per heavy atom. The van der Waals surface area contributed by atoms with Crippen molar-refractivity contribution in [1.29, 1.82) is 0 Å². The van der Waals surface area contributed by atoms with E-state index in [4.69, 9.17) is 0 Å². The van der Waals surface area contributed by atoms with Crippen molar-refractivity contribution in [2.24, 2.45) is 0 Å². The molecule has 0 saturated carbocycles. The maximum atomic E-state index is 13.4. The molecule has 1 aliphatic rings. The van der Waals surface area contributed by atoms with Gasteiger partial charge in [-0.15, -0.1) is 5.10 Å². The number of likely N-dealkylation sites (tertiary alicyclic amines) is 1. The van der Waals surface area contributed by atoms with E-state index in [1.54, 1.807) is 16.8 Å². The highest BCUT2D eigenvalue weighted by molar-refractivity contribution is 5.83. The van der Waals surface area contributed by atoms with E-state index in [1.165, 1.54) is 18.6 Å². The first-order valence-electron chi connectivity index (χ1n) is 11.4. The van der Waals surface area contributed by atoms with Crippen LogP contribution in [0.3, 0.4) is 0 Å². The summed E-state index contributed by atoms with van der Waals surface area (Å²) in [6.07, 6.45) is 3.32. The first-order chi connectivity index (χ1) is 16.0. The van der Waals surface area contributed by atoms with Gasteiger partial charge < -0.3 is 4.98 Å². The van der Waals surface area contributed by atoms with Gasteiger partial charge >= 0.3 is 0 Å². The van der Waals surface area contributed by atoms with Crippen molar-refractivity contribution in [2.75, 3.05) is 13.1 Å². The molecule has 0 bridgehead atoms. The van der Waals surface area contributed by atoms with Gasteiger partial charge in [0.25, 0.3) is 5.56 Å². The number of piperidine rings is 1. The Hall–Kier alpha value is -3.39. The summed E-state index contributed by atoms with van der Waals surface area (Å²) in [5.41, 5.74) is 4.49. The van der Waals surface area contributed by atoms with Gasteiger partial charge in [0.15, 0.2) is 5.82 Å². The average Bonchev–Trinajstić information content (AvgIpc) is 3.27. The van der Waals surface area contributed by atoms with Crippen LogP contribution in [0.5, 0.6) is 0 Å².